The number of benzene rings is 1. The molecule has 2 heteroatoms. The van der Waals surface area contributed by atoms with Gasteiger partial charge in [0.1, 0.15) is 5.75 Å². The molecule has 1 aliphatic heterocycles. The number of aliphatic hydroxyl groups is 1. The lowest BCUT2D eigenvalue weighted by molar-refractivity contribution is 0.130. The lowest BCUT2D eigenvalue weighted by atomic mass is 9.95. The Morgan fingerprint density at radius 2 is 1.89 bits per heavy atom. The average molecular weight is 260 g/mol. The zero-order valence-electron chi connectivity index (χ0n) is 12.4. The minimum absolute atomic E-state index is 0.207. The van der Waals surface area contributed by atoms with Crippen molar-refractivity contribution in [2.75, 3.05) is 6.61 Å². The van der Waals surface area contributed by atoms with E-state index in [0.717, 1.165) is 30.8 Å². The van der Waals surface area contributed by atoms with E-state index in [-0.39, 0.29) is 16.9 Å². The van der Waals surface area contributed by atoms with Gasteiger partial charge in [-0.15, -0.1) is 0 Å². The summed E-state index contributed by atoms with van der Waals surface area (Å²) in [6, 6.07) is 6.19. The van der Waals surface area contributed by atoms with Gasteiger partial charge in [-0.25, -0.2) is 0 Å². The van der Waals surface area contributed by atoms with Crippen molar-refractivity contribution in [1.29, 1.82) is 0 Å². The normalized spacial score (nSPS) is 25.3. The summed E-state index contributed by atoms with van der Waals surface area (Å²) in [7, 11) is 0. The molecule has 0 aromatic heterocycles. The van der Waals surface area contributed by atoms with E-state index >= 15 is 0 Å². The first kappa shape index (κ1) is 13.0. The number of hydrogen-bond acceptors (Lipinski definition) is 2. The molecule has 104 valence electrons. The van der Waals surface area contributed by atoms with E-state index in [0.29, 0.717) is 5.92 Å². The lowest BCUT2D eigenvalue weighted by Gasteiger charge is -2.20. The van der Waals surface area contributed by atoms with Crippen molar-refractivity contribution >= 4 is 0 Å². The predicted molar refractivity (Wildman–Crippen MR) is 76.3 cm³/mol. The third kappa shape index (κ3) is 1.80. The summed E-state index contributed by atoms with van der Waals surface area (Å²) >= 11 is 0. The smallest absolute Gasteiger partial charge is 0.122 e. The van der Waals surface area contributed by atoms with Gasteiger partial charge in [0.05, 0.1) is 12.7 Å². The molecule has 1 atom stereocenters. The van der Waals surface area contributed by atoms with Crippen LogP contribution in [0, 0.1) is 16.7 Å². The largest absolute Gasteiger partial charge is 0.493 e. The lowest BCUT2D eigenvalue weighted by Crippen LogP contribution is -2.11. The highest BCUT2D eigenvalue weighted by Crippen LogP contribution is 2.72. The van der Waals surface area contributed by atoms with Crippen molar-refractivity contribution in [1.82, 2.24) is 0 Å². The molecule has 19 heavy (non-hydrogen) atoms. The van der Waals surface area contributed by atoms with Crippen LogP contribution in [-0.2, 0) is 6.42 Å². The first-order chi connectivity index (χ1) is 8.85. The SMILES string of the molecule is CC1(C)C(C(O)c2ccc3c(c2)CCCO3)C1(C)C. The molecular weight excluding hydrogens is 236 g/mol. The van der Waals surface area contributed by atoms with Crippen molar-refractivity contribution in [3.05, 3.63) is 29.3 Å². The van der Waals surface area contributed by atoms with Crippen molar-refractivity contribution in [2.24, 2.45) is 16.7 Å². The van der Waals surface area contributed by atoms with Crippen molar-refractivity contribution < 1.29 is 9.84 Å². The number of aliphatic hydroxyl groups excluding tert-OH is 1. The molecule has 0 spiro atoms. The summed E-state index contributed by atoms with van der Waals surface area (Å²) in [6.07, 6.45) is 1.78. The topological polar surface area (TPSA) is 29.5 Å². The van der Waals surface area contributed by atoms with Gasteiger partial charge >= 0.3 is 0 Å². The fraction of sp³-hybridized carbons (Fsp3) is 0.647. The Balaban J connectivity index is 1.87. The van der Waals surface area contributed by atoms with Crippen LogP contribution < -0.4 is 4.74 Å². The second-order valence-electron chi connectivity index (χ2n) is 7.19. The Kier molecular flexibility index (Phi) is 2.72. The summed E-state index contributed by atoms with van der Waals surface area (Å²) in [4.78, 5) is 0. The van der Waals surface area contributed by atoms with Crippen LogP contribution in [-0.4, -0.2) is 11.7 Å². The summed E-state index contributed by atoms with van der Waals surface area (Å²) in [6.45, 7) is 9.83. The molecule has 2 aliphatic rings. The van der Waals surface area contributed by atoms with Gasteiger partial charge in [0.2, 0.25) is 0 Å². The molecule has 1 N–H and O–H groups in total. The minimum atomic E-state index is -0.364. The van der Waals surface area contributed by atoms with Crippen LogP contribution in [0.2, 0.25) is 0 Å². The molecular formula is C17H24O2. The minimum Gasteiger partial charge on any atom is -0.493 e. The van der Waals surface area contributed by atoms with Crippen LogP contribution in [0.3, 0.4) is 0 Å². The number of hydrogen-bond donors (Lipinski definition) is 1. The maximum Gasteiger partial charge on any atom is 0.122 e. The first-order valence-electron chi connectivity index (χ1n) is 7.29. The fourth-order valence-corrected chi connectivity index (χ4v) is 3.79. The Bertz CT molecular complexity index is 488. The maximum absolute atomic E-state index is 10.7. The third-order valence-electron chi connectivity index (χ3n) is 5.72. The Morgan fingerprint density at radius 3 is 2.53 bits per heavy atom. The molecule has 0 amide bonds. The number of rotatable bonds is 2. The Labute approximate surface area is 115 Å². The van der Waals surface area contributed by atoms with Crippen molar-refractivity contribution in [3.63, 3.8) is 0 Å². The van der Waals surface area contributed by atoms with Crippen molar-refractivity contribution in [3.8, 4) is 5.75 Å². The van der Waals surface area contributed by atoms with Gasteiger partial charge in [0.25, 0.3) is 0 Å². The monoisotopic (exact) mass is 260 g/mol. The molecule has 0 bridgehead atoms. The van der Waals surface area contributed by atoms with E-state index in [1.54, 1.807) is 0 Å². The Hall–Kier alpha value is -1.02. The van der Waals surface area contributed by atoms with Crippen LogP contribution in [0.4, 0.5) is 0 Å². The molecule has 1 saturated carbocycles. The quantitative estimate of drug-likeness (QED) is 0.878. The van der Waals surface area contributed by atoms with Gasteiger partial charge in [-0.05, 0) is 46.9 Å². The standard InChI is InChI=1S/C17H24O2/c1-16(2)15(17(16,3)4)14(18)12-7-8-13-11(10-12)6-5-9-19-13/h7-8,10,14-15,18H,5-6,9H2,1-4H3. The fourth-order valence-electron chi connectivity index (χ4n) is 3.79. The second-order valence-corrected chi connectivity index (χ2v) is 7.19. The molecule has 1 fully saturated rings. The van der Waals surface area contributed by atoms with Gasteiger partial charge in [-0.3, -0.25) is 0 Å². The van der Waals surface area contributed by atoms with Gasteiger partial charge in [-0.2, -0.15) is 0 Å². The number of fused-ring (bicyclic) bond motifs is 1. The van der Waals surface area contributed by atoms with Gasteiger partial charge in [0, 0.05) is 5.92 Å². The van der Waals surface area contributed by atoms with Crippen LogP contribution in [0.25, 0.3) is 0 Å². The molecule has 1 unspecified atom stereocenters. The van der Waals surface area contributed by atoms with E-state index in [1.807, 2.05) is 12.1 Å². The highest BCUT2D eigenvalue weighted by atomic mass is 16.5. The summed E-state index contributed by atoms with van der Waals surface area (Å²) in [5, 5.41) is 10.7. The van der Waals surface area contributed by atoms with E-state index < -0.39 is 0 Å². The highest BCUT2D eigenvalue weighted by Gasteiger charge is 2.67. The molecule has 0 radical (unpaired) electrons. The van der Waals surface area contributed by atoms with Crippen LogP contribution in [0.5, 0.6) is 5.75 Å². The summed E-state index contributed by atoms with van der Waals surface area (Å²) < 4.78 is 5.63. The van der Waals surface area contributed by atoms with Crippen LogP contribution in [0.1, 0.15) is 51.3 Å². The summed E-state index contributed by atoms with van der Waals surface area (Å²) in [5.41, 5.74) is 2.71. The predicted octanol–water partition coefficient (Wildman–Crippen LogP) is 3.73. The molecule has 1 aromatic carbocycles. The van der Waals surface area contributed by atoms with Gasteiger partial charge < -0.3 is 9.84 Å². The first-order valence-corrected chi connectivity index (χ1v) is 7.29. The van der Waals surface area contributed by atoms with Crippen molar-refractivity contribution in [2.45, 2.75) is 46.6 Å². The molecule has 3 rings (SSSR count). The zero-order valence-corrected chi connectivity index (χ0v) is 12.4. The molecule has 0 saturated heterocycles. The molecule has 1 aromatic rings. The third-order valence-corrected chi connectivity index (χ3v) is 5.72. The van der Waals surface area contributed by atoms with E-state index in [9.17, 15) is 5.11 Å². The molecule has 2 nitrogen and oxygen atoms in total. The van der Waals surface area contributed by atoms with E-state index in [1.165, 1.54) is 5.56 Å². The van der Waals surface area contributed by atoms with Crippen LogP contribution >= 0.6 is 0 Å². The second kappa shape index (κ2) is 3.99. The van der Waals surface area contributed by atoms with E-state index in [2.05, 4.69) is 33.8 Å². The van der Waals surface area contributed by atoms with Crippen LogP contribution in [0.15, 0.2) is 18.2 Å². The van der Waals surface area contributed by atoms with Gasteiger partial charge in [0.15, 0.2) is 0 Å². The summed E-state index contributed by atoms with van der Waals surface area (Å²) in [5.74, 6) is 1.33. The van der Waals surface area contributed by atoms with E-state index in [4.69, 9.17) is 4.74 Å². The number of ether oxygens (including phenoxy) is 1. The zero-order chi connectivity index (χ0) is 13.8. The molecule has 1 aliphatic carbocycles. The van der Waals surface area contributed by atoms with Gasteiger partial charge in [-0.1, -0.05) is 33.8 Å². The number of aryl methyl sites for hydroxylation is 1. The Morgan fingerprint density at radius 1 is 1.21 bits per heavy atom. The highest BCUT2D eigenvalue weighted by molar-refractivity contribution is 5.40. The molecule has 1 heterocycles. The average Bonchev–Trinajstić information content (AvgIpc) is 2.78. The maximum atomic E-state index is 10.7.